The summed E-state index contributed by atoms with van der Waals surface area (Å²) in [5.74, 6) is -2.92. The molecule has 0 aliphatic carbocycles. The van der Waals surface area contributed by atoms with E-state index in [2.05, 4.69) is 10.3 Å². The molecule has 2 aliphatic heterocycles. The molecule has 12 heteroatoms. The lowest BCUT2D eigenvalue weighted by molar-refractivity contribution is -0.122. The highest BCUT2D eigenvalue weighted by atomic mass is 19.3. The van der Waals surface area contributed by atoms with Crippen LogP contribution in [0.4, 0.5) is 35.0 Å². The number of rotatable bonds is 10. The Labute approximate surface area is 271 Å². The van der Waals surface area contributed by atoms with Gasteiger partial charge >= 0.3 is 6.09 Å². The van der Waals surface area contributed by atoms with Gasteiger partial charge in [-0.25, -0.2) is 18.0 Å². The number of alkyl halides is 2. The molecule has 0 bridgehead atoms. The van der Waals surface area contributed by atoms with Crippen LogP contribution in [0.1, 0.15) is 17.5 Å². The van der Waals surface area contributed by atoms with Crippen molar-refractivity contribution >= 4 is 23.2 Å². The highest BCUT2D eigenvalue weighted by Gasteiger charge is 2.49. The minimum absolute atomic E-state index is 0.0556. The average molecular weight is 648 g/mol. The van der Waals surface area contributed by atoms with Crippen molar-refractivity contribution in [3.63, 3.8) is 0 Å². The van der Waals surface area contributed by atoms with Gasteiger partial charge in [-0.1, -0.05) is 60.7 Å². The number of aromatic nitrogens is 1. The number of carboxylic acid groups (broad SMARTS) is 1. The van der Waals surface area contributed by atoms with Crippen LogP contribution in [0, 0.1) is 5.82 Å². The van der Waals surface area contributed by atoms with E-state index >= 15 is 4.39 Å². The first-order valence-electron chi connectivity index (χ1n) is 15.5. The standard InChI is InChI=1S/C35H36F3N5O4/c36-28-21-27(11-13-30(28)41-17-19-42(20-18-41)31-15-16-43(34(44)45)24-35(31,37)38)39-29-12-14-32(46-22-25-7-3-1-4-8-25)40-33(29)47-23-26-9-5-2-6-10-26/h1-14,21,31,39H,15-20,22-24H2,(H,44,45). The van der Waals surface area contributed by atoms with Gasteiger partial charge in [0.05, 0.1) is 18.3 Å². The number of nitrogens with zero attached hydrogens (tertiary/aromatic N) is 4. The SMILES string of the molecule is O=C(O)N1CCC(N2CCN(c3ccc(Nc4ccc(OCc5ccccc5)nc4OCc4ccccc4)cc3F)CC2)C(F)(F)C1. The molecular weight excluding hydrogens is 611 g/mol. The van der Waals surface area contributed by atoms with E-state index in [1.165, 1.54) is 6.07 Å². The highest BCUT2D eigenvalue weighted by Crippen LogP contribution is 2.34. The molecule has 246 valence electrons. The molecule has 2 saturated heterocycles. The summed E-state index contributed by atoms with van der Waals surface area (Å²) in [7, 11) is 0. The normalized spacial score (nSPS) is 18.1. The summed E-state index contributed by atoms with van der Waals surface area (Å²) < 4.78 is 57.1. The maximum absolute atomic E-state index is 15.5. The molecule has 0 spiro atoms. The number of ether oxygens (including phenoxy) is 2. The summed E-state index contributed by atoms with van der Waals surface area (Å²) in [6, 6.07) is 26.7. The van der Waals surface area contributed by atoms with E-state index in [4.69, 9.17) is 14.6 Å². The van der Waals surface area contributed by atoms with Gasteiger partial charge in [-0.15, -0.1) is 0 Å². The predicted octanol–water partition coefficient (Wildman–Crippen LogP) is 6.63. The number of piperazine rings is 1. The Morgan fingerprint density at radius 3 is 2.15 bits per heavy atom. The first-order valence-corrected chi connectivity index (χ1v) is 15.5. The average Bonchev–Trinajstić information content (AvgIpc) is 3.08. The third kappa shape index (κ3) is 7.89. The maximum Gasteiger partial charge on any atom is 0.407 e. The van der Waals surface area contributed by atoms with Crippen LogP contribution in [0.15, 0.2) is 91.0 Å². The fourth-order valence-electron chi connectivity index (χ4n) is 5.98. The van der Waals surface area contributed by atoms with Crippen LogP contribution in [0.25, 0.3) is 0 Å². The minimum Gasteiger partial charge on any atom is -0.473 e. The van der Waals surface area contributed by atoms with Crippen molar-refractivity contribution in [3.8, 4) is 11.8 Å². The van der Waals surface area contributed by atoms with E-state index in [1.807, 2.05) is 65.6 Å². The molecular formula is C35H36F3N5O4. The van der Waals surface area contributed by atoms with Gasteiger partial charge in [-0.05, 0) is 41.8 Å². The Morgan fingerprint density at radius 2 is 1.53 bits per heavy atom. The fraction of sp³-hybridized carbons (Fsp3) is 0.314. The fourth-order valence-corrected chi connectivity index (χ4v) is 5.98. The summed E-state index contributed by atoms with van der Waals surface area (Å²) >= 11 is 0. The number of amides is 1. The van der Waals surface area contributed by atoms with E-state index in [-0.39, 0.29) is 19.6 Å². The van der Waals surface area contributed by atoms with Gasteiger partial charge in [0.1, 0.15) is 24.7 Å². The van der Waals surface area contributed by atoms with Gasteiger partial charge in [0.25, 0.3) is 5.92 Å². The molecule has 4 aromatic rings. The van der Waals surface area contributed by atoms with Crippen molar-refractivity contribution in [2.24, 2.45) is 0 Å². The Bertz CT molecular complexity index is 1660. The smallest absolute Gasteiger partial charge is 0.407 e. The van der Waals surface area contributed by atoms with Crippen molar-refractivity contribution in [3.05, 3.63) is 108 Å². The Hall–Kier alpha value is -4.97. The Kier molecular flexibility index (Phi) is 9.67. The van der Waals surface area contributed by atoms with E-state index in [9.17, 15) is 13.6 Å². The van der Waals surface area contributed by atoms with Crippen LogP contribution in [-0.2, 0) is 13.2 Å². The zero-order valence-corrected chi connectivity index (χ0v) is 25.7. The summed E-state index contributed by atoms with van der Waals surface area (Å²) in [4.78, 5) is 20.1. The van der Waals surface area contributed by atoms with Gasteiger partial charge in [-0.2, -0.15) is 4.98 Å². The zero-order valence-electron chi connectivity index (χ0n) is 25.7. The van der Waals surface area contributed by atoms with Crippen LogP contribution >= 0.6 is 0 Å². The molecule has 1 amide bonds. The second-order valence-corrected chi connectivity index (χ2v) is 11.6. The van der Waals surface area contributed by atoms with Gasteiger partial charge < -0.3 is 29.7 Å². The summed E-state index contributed by atoms with van der Waals surface area (Å²) in [5, 5.41) is 12.3. The number of benzene rings is 3. The number of carbonyl (C=O) groups is 1. The topological polar surface area (TPSA) is 90.4 Å². The molecule has 9 nitrogen and oxygen atoms in total. The lowest BCUT2D eigenvalue weighted by Crippen LogP contribution is -2.62. The third-order valence-corrected chi connectivity index (χ3v) is 8.44. The van der Waals surface area contributed by atoms with Crippen molar-refractivity contribution in [2.45, 2.75) is 31.6 Å². The summed E-state index contributed by atoms with van der Waals surface area (Å²) in [5.41, 5.74) is 3.36. The lowest BCUT2D eigenvalue weighted by Gasteiger charge is -2.46. The molecule has 1 atom stereocenters. The number of piperidine rings is 1. The third-order valence-electron chi connectivity index (χ3n) is 8.44. The maximum atomic E-state index is 15.5. The van der Waals surface area contributed by atoms with Crippen molar-refractivity contribution in [2.75, 3.05) is 49.5 Å². The van der Waals surface area contributed by atoms with Crippen LogP contribution in [-0.4, -0.2) is 77.2 Å². The van der Waals surface area contributed by atoms with Gasteiger partial charge in [-0.3, -0.25) is 4.90 Å². The second kappa shape index (κ2) is 14.2. The zero-order chi connectivity index (χ0) is 32.8. The molecule has 47 heavy (non-hydrogen) atoms. The molecule has 6 rings (SSSR count). The van der Waals surface area contributed by atoms with Gasteiger partial charge in [0.2, 0.25) is 11.8 Å². The van der Waals surface area contributed by atoms with E-state index in [0.29, 0.717) is 61.6 Å². The Morgan fingerprint density at radius 1 is 0.872 bits per heavy atom. The van der Waals surface area contributed by atoms with E-state index in [0.717, 1.165) is 16.0 Å². The van der Waals surface area contributed by atoms with Gasteiger partial charge in [0.15, 0.2) is 0 Å². The largest absolute Gasteiger partial charge is 0.473 e. The van der Waals surface area contributed by atoms with Crippen LogP contribution < -0.4 is 19.7 Å². The first-order chi connectivity index (χ1) is 22.7. The molecule has 0 saturated carbocycles. The number of likely N-dealkylation sites (tertiary alicyclic amines) is 1. The molecule has 2 aliphatic rings. The number of pyridine rings is 1. The predicted molar refractivity (Wildman–Crippen MR) is 172 cm³/mol. The molecule has 1 unspecified atom stereocenters. The molecule has 2 N–H and O–H groups in total. The first kappa shape index (κ1) is 32.0. The van der Waals surface area contributed by atoms with Crippen LogP contribution in [0.2, 0.25) is 0 Å². The number of hydrogen-bond acceptors (Lipinski definition) is 7. The van der Waals surface area contributed by atoms with E-state index < -0.39 is 30.4 Å². The van der Waals surface area contributed by atoms with Crippen LogP contribution in [0.5, 0.6) is 11.8 Å². The monoisotopic (exact) mass is 647 g/mol. The summed E-state index contributed by atoms with van der Waals surface area (Å²) in [6.07, 6.45) is -1.28. The highest BCUT2D eigenvalue weighted by molar-refractivity contribution is 5.67. The van der Waals surface area contributed by atoms with Crippen molar-refractivity contribution in [1.29, 1.82) is 0 Å². The summed E-state index contributed by atoms with van der Waals surface area (Å²) in [6.45, 7) is 1.24. The number of halogens is 3. The van der Waals surface area contributed by atoms with Crippen LogP contribution in [0.3, 0.4) is 0 Å². The number of nitrogens with one attached hydrogen (secondary N) is 1. The molecule has 2 fully saturated rings. The second-order valence-electron chi connectivity index (χ2n) is 11.6. The lowest BCUT2D eigenvalue weighted by atomic mass is 9.98. The van der Waals surface area contributed by atoms with E-state index in [1.54, 1.807) is 29.2 Å². The van der Waals surface area contributed by atoms with Crippen molar-refractivity contribution in [1.82, 2.24) is 14.8 Å². The quantitative estimate of drug-likeness (QED) is 0.198. The number of hydrogen-bond donors (Lipinski definition) is 2. The molecule has 3 heterocycles. The minimum atomic E-state index is -3.15. The number of anilines is 3. The molecule has 0 radical (unpaired) electrons. The van der Waals surface area contributed by atoms with Gasteiger partial charge in [0, 0.05) is 44.5 Å². The van der Waals surface area contributed by atoms with Crippen molar-refractivity contribution < 1.29 is 32.5 Å². The Balaban J connectivity index is 1.11. The molecule has 3 aromatic carbocycles. The molecule has 1 aromatic heterocycles.